The number of nitrogens with one attached hydrogen (secondary N) is 1. The van der Waals surface area contributed by atoms with Gasteiger partial charge in [-0.1, -0.05) is 159 Å². The van der Waals surface area contributed by atoms with Crippen molar-refractivity contribution >= 4 is 79.4 Å². The molecule has 0 saturated carbocycles. The highest BCUT2D eigenvalue weighted by molar-refractivity contribution is 6.73. The molecule has 0 fully saturated rings. The van der Waals surface area contributed by atoms with Gasteiger partial charge in [-0.15, -0.1) is 0 Å². The van der Waals surface area contributed by atoms with Crippen molar-refractivity contribution in [3.8, 4) is 33.4 Å². The predicted molar refractivity (Wildman–Crippen MR) is 250 cm³/mol. The molecule has 12 rings (SSSR count). The second-order valence-electron chi connectivity index (χ2n) is 16.6. The number of benzene rings is 9. The first kappa shape index (κ1) is 33.8. The first-order chi connectivity index (χ1) is 29.0. The molecule has 0 saturated heterocycles. The van der Waals surface area contributed by atoms with E-state index in [9.17, 15) is 0 Å². The molecule has 1 N–H and O–H groups in total. The van der Waals surface area contributed by atoms with Crippen LogP contribution in [0.3, 0.4) is 0 Å². The van der Waals surface area contributed by atoms with Gasteiger partial charge in [-0.25, -0.2) is 0 Å². The summed E-state index contributed by atoms with van der Waals surface area (Å²) < 4.78 is 6.56. The van der Waals surface area contributed by atoms with E-state index >= 15 is 0 Å². The van der Waals surface area contributed by atoms with E-state index < -0.39 is 0 Å². The molecule has 1 aromatic heterocycles. The second-order valence-corrected chi connectivity index (χ2v) is 16.6. The third kappa shape index (κ3) is 5.23. The van der Waals surface area contributed by atoms with Crippen LogP contribution in [0.15, 0.2) is 192 Å². The largest absolute Gasteiger partial charge is 0.454 e. The minimum absolute atomic E-state index is 0.183. The number of furan rings is 1. The van der Waals surface area contributed by atoms with Crippen LogP contribution in [-0.4, -0.2) is 7.28 Å². The van der Waals surface area contributed by atoms with Crippen molar-refractivity contribution in [2.75, 3.05) is 10.2 Å². The molecule has 0 atom stereocenters. The topological polar surface area (TPSA) is 28.4 Å². The summed E-state index contributed by atoms with van der Waals surface area (Å²) in [7, 11) is 0.812. The maximum absolute atomic E-state index is 6.56. The third-order valence-electron chi connectivity index (χ3n) is 12.8. The summed E-state index contributed by atoms with van der Waals surface area (Å²) >= 11 is 0. The minimum Gasteiger partial charge on any atom is -0.454 e. The van der Waals surface area contributed by atoms with E-state index in [1.165, 1.54) is 77.7 Å². The van der Waals surface area contributed by atoms with Crippen LogP contribution in [0, 0.1) is 0 Å². The molecule has 10 aromatic rings. The lowest BCUT2D eigenvalue weighted by atomic mass is 9.55. The quantitative estimate of drug-likeness (QED) is 0.177. The number of nitrogens with zero attached hydrogens (tertiary/aromatic N) is 1. The van der Waals surface area contributed by atoms with Crippen LogP contribution in [0.25, 0.3) is 66.1 Å². The average molecular weight is 755 g/mol. The molecule has 2 aliphatic heterocycles. The first-order valence-electron chi connectivity index (χ1n) is 20.5. The maximum atomic E-state index is 6.56. The SMILES string of the molecule is CC1(C)c2cc3ccccc3cc2N2c3cc(-c4ccccc4)cc(-c4cc(-c5ccccc5)ccc4Nc4cccc5c4oc4ccccc45)c3Bc3cccc1c32. The van der Waals surface area contributed by atoms with E-state index in [0.717, 1.165) is 46.2 Å². The monoisotopic (exact) mass is 754 g/mol. The summed E-state index contributed by atoms with van der Waals surface area (Å²) in [5.74, 6) is 0. The van der Waals surface area contributed by atoms with Gasteiger partial charge in [0.25, 0.3) is 0 Å². The standard InChI is InChI=1S/C55H39BN2O/c1-55(2)44-23-14-24-46-53(44)58(49-32-37-20-10-9-19-36(37)31-45(49)55)50-33-39(35-17-7-4-8-18-35)30-43(52(50)56-46)42-29-38(34-15-5-3-6-16-34)27-28-47(42)57-48-25-13-22-41-40-21-11-12-26-51(40)59-54(41)48/h3-33,56-57H,1-2H3. The maximum Gasteiger partial charge on any atom is 0.198 e. The van der Waals surface area contributed by atoms with Crippen LogP contribution in [0.4, 0.5) is 28.4 Å². The number of hydrogen-bond acceptors (Lipinski definition) is 3. The zero-order chi connectivity index (χ0) is 39.2. The average Bonchev–Trinajstić information content (AvgIpc) is 3.67. The van der Waals surface area contributed by atoms with Gasteiger partial charge in [0.2, 0.25) is 0 Å². The Balaban J connectivity index is 1.14. The normalized spacial score (nSPS) is 13.5. The molecule has 0 amide bonds. The van der Waals surface area contributed by atoms with Gasteiger partial charge in [-0.3, -0.25) is 0 Å². The van der Waals surface area contributed by atoms with E-state index in [-0.39, 0.29) is 5.41 Å². The van der Waals surface area contributed by atoms with Gasteiger partial charge in [0.1, 0.15) is 5.58 Å². The fourth-order valence-electron chi connectivity index (χ4n) is 9.88. The van der Waals surface area contributed by atoms with Gasteiger partial charge in [0, 0.05) is 38.8 Å². The van der Waals surface area contributed by atoms with E-state index in [2.05, 4.69) is 200 Å². The zero-order valence-corrected chi connectivity index (χ0v) is 33.0. The zero-order valence-electron chi connectivity index (χ0n) is 33.0. The van der Waals surface area contributed by atoms with Crippen LogP contribution < -0.4 is 21.1 Å². The summed E-state index contributed by atoms with van der Waals surface area (Å²) in [6, 6.07) is 68.6. The van der Waals surface area contributed by atoms with Crippen molar-refractivity contribution in [1.29, 1.82) is 0 Å². The minimum atomic E-state index is -0.183. The Kier molecular flexibility index (Phi) is 7.37. The van der Waals surface area contributed by atoms with Gasteiger partial charge in [0.05, 0.1) is 11.4 Å². The van der Waals surface area contributed by atoms with Gasteiger partial charge < -0.3 is 14.6 Å². The van der Waals surface area contributed by atoms with Gasteiger partial charge in [-0.05, 0) is 104 Å². The van der Waals surface area contributed by atoms with Gasteiger partial charge in [0.15, 0.2) is 12.9 Å². The Bertz CT molecular complexity index is 3310. The summed E-state index contributed by atoms with van der Waals surface area (Å²) in [5.41, 5.74) is 19.7. The fourth-order valence-corrected chi connectivity index (χ4v) is 9.88. The molecule has 0 bridgehead atoms. The Morgan fingerprint density at radius 3 is 1.98 bits per heavy atom. The van der Waals surface area contributed by atoms with Crippen LogP contribution in [0.5, 0.6) is 0 Å². The van der Waals surface area contributed by atoms with Crippen molar-refractivity contribution < 1.29 is 4.42 Å². The molecule has 2 aliphatic rings. The fraction of sp³-hybridized carbons (Fsp3) is 0.0545. The van der Waals surface area contributed by atoms with Crippen molar-refractivity contribution in [2.45, 2.75) is 19.3 Å². The van der Waals surface area contributed by atoms with Crippen molar-refractivity contribution in [2.24, 2.45) is 0 Å². The summed E-state index contributed by atoms with van der Waals surface area (Å²) in [6.45, 7) is 4.79. The van der Waals surface area contributed by atoms with Gasteiger partial charge in [-0.2, -0.15) is 0 Å². The molecule has 3 nitrogen and oxygen atoms in total. The molecule has 0 unspecified atom stereocenters. The lowest BCUT2D eigenvalue weighted by Gasteiger charge is -2.46. The lowest BCUT2D eigenvalue weighted by Crippen LogP contribution is -2.45. The molecule has 0 aliphatic carbocycles. The van der Waals surface area contributed by atoms with E-state index in [1.807, 2.05) is 12.1 Å². The molecule has 0 radical (unpaired) electrons. The Hall–Kier alpha value is -7.30. The van der Waals surface area contributed by atoms with E-state index in [0.29, 0.717) is 0 Å². The highest BCUT2D eigenvalue weighted by atomic mass is 16.3. The molecule has 9 aromatic carbocycles. The Morgan fingerprint density at radius 2 is 1.17 bits per heavy atom. The first-order valence-corrected chi connectivity index (χ1v) is 20.5. The smallest absolute Gasteiger partial charge is 0.198 e. The van der Waals surface area contributed by atoms with Crippen LogP contribution in [-0.2, 0) is 5.41 Å². The Labute approximate surface area is 344 Å². The third-order valence-corrected chi connectivity index (χ3v) is 12.8. The van der Waals surface area contributed by atoms with E-state index in [4.69, 9.17) is 4.42 Å². The Morgan fingerprint density at radius 1 is 0.492 bits per heavy atom. The molecule has 278 valence electrons. The van der Waals surface area contributed by atoms with Crippen LogP contribution in [0.2, 0.25) is 0 Å². The van der Waals surface area contributed by atoms with Crippen molar-refractivity contribution in [3.05, 3.63) is 199 Å². The number of rotatable bonds is 5. The summed E-state index contributed by atoms with van der Waals surface area (Å²) in [5, 5.41) is 8.65. The van der Waals surface area contributed by atoms with Gasteiger partial charge >= 0.3 is 0 Å². The molecule has 0 spiro atoms. The predicted octanol–water partition coefficient (Wildman–Crippen LogP) is 13.3. The molecule has 3 heterocycles. The number of anilines is 5. The molecular formula is C55H39BN2O. The van der Waals surface area contributed by atoms with E-state index in [1.54, 1.807) is 0 Å². The van der Waals surface area contributed by atoms with Crippen LogP contribution in [0.1, 0.15) is 25.0 Å². The van der Waals surface area contributed by atoms with Crippen molar-refractivity contribution in [1.82, 2.24) is 0 Å². The number of para-hydroxylation sites is 3. The molecule has 59 heavy (non-hydrogen) atoms. The molecular weight excluding hydrogens is 715 g/mol. The summed E-state index contributed by atoms with van der Waals surface area (Å²) in [4.78, 5) is 2.59. The highest BCUT2D eigenvalue weighted by Crippen LogP contribution is 2.54. The number of fused-ring (bicyclic) bond motifs is 8. The van der Waals surface area contributed by atoms with Crippen LogP contribution >= 0.6 is 0 Å². The summed E-state index contributed by atoms with van der Waals surface area (Å²) in [6.07, 6.45) is 0. The number of hydrogen-bond donors (Lipinski definition) is 1. The lowest BCUT2D eigenvalue weighted by molar-refractivity contribution is 0.633. The second kappa shape index (κ2) is 12.9. The highest BCUT2D eigenvalue weighted by Gasteiger charge is 2.41. The molecule has 4 heteroatoms. The van der Waals surface area contributed by atoms with Crippen molar-refractivity contribution in [3.63, 3.8) is 0 Å².